The van der Waals surface area contributed by atoms with Crippen molar-refractivity contribution in [3.05, 3.63) is 39.1 Å². The Kier molecular flexibility index (Phi) is 4.94. The monoisotopic (exact) mass is 357 g/mol. The van der Waals surface area contributed by atoms with Crippen LogP contribution >= 0.6 is 27.5 Å². The van der Waals surface area contributed by atoms with Crippen molar-refractivity contribution in [1.82, 2.24) is 9.78 Å². The van der Waals surface area contributed by atoms with Crippen LogP contribution in [0.1, 0.15) is 25.2 Å². The number of benzene rings is 1. The predicted molar refractivity (Wildman–Crippen MR) is 85.2 cm³/mol. The minimum absolute atomic E-state index is 0.363. The quantitative estimate of drug-likeness (QED) is 0.821. The molecule has 0 saturated heterocycles. The molecule has 6 heteroatoms. The third kappa shape index (κ3) is 3.10. The summed E-state index contributed by atoms with van der Waals surface area (Å²) >= 11 is 9.79. The van der Waals surface area contributed by atoms with E-state index in [9.17, 15) is 0 Å². The molecule has 0 saturated carbocycles. The largest absolute Gasteiger partial charge is 0.486 e. The van der Waals surface area contributed by atoms with E-state index in [0.717, 1.165) is 28.8 Å². The van der Waals surface area contributed by atoms with E-state index in [0.29, 0.717) is 23.1 Å². The zero-order valence-electron chi connectivity index (χ0n) is 11.5. The highest BCUT2D eigenvalue weighted by Crippen LogP contribution is 2.29. The van der Waals surface area contributed by atoms with E-state index in [2.05, 4.69) is 21.0 Å². The second-order valence-electron chi connectivity index (χ2n) is 4.36. The molecule has 4 nitrogen and oxygen atoms in total. The summed E-state index contributed by atoms with van der Waals surface area (Å²) < 4.78 is 8.55. The minimum Gasteiger partial charge on any atom is -0.486 e. The Balaban J connectivity index is 2.22. The molecule has 0 fully saturated rings. The fourth-order valence-electron chi connectivity index (χ4n) is 1.93. The van der Waals surface area contributed by atoms with Crippen LogP contribution in [0.2, 0.25) is 5.02 Å². The van der Waals surface area contributed by atoms with Crippen molar-refractivity contribution in [1.29, 1.82) is 0 Å². The summed E-state index contributed by atoms with van der Waals surface area (Å²) in [6, 6.07) is 5.46. The van der Waals surface area contributed by atoms with Gasteiger partial charge in [0.15, 0.2) is 0 Å². The Morgan fingerprint density at radius 1 is 1.40 bits per heavy atom. The van der Waals surface area contributed by atoms with Crippen LogP contribution in [0, 0.1) is 0 Å². The average Bonchev–Trinajstić information content (AvgIpc) is 2.75. The third-order valence-corrected chi connectivity index (χ3v) is 4.11. The number of nitrogen functional groups attached to an aromatic ring is 1. The van der Waals surface area contributed by atoms with E-state index in [1.807, 2.05) is 30.7 Å². The minimum atomic E-state index is 0.363. The van der Waals surface area contributed by atoms with E-state index in [1.165, 1.54) is 0 Å². The molecule has 2 rings (SSSR count). The van der Waals surface area contributed by atoms with Crippen molar-refractivity contribution >= 4 is 33.2 Å². The molecule has 0 spiro atoms. The molecule has 1 heterocycles. The first-order valence-electron chi connectivity index (χ1n) is 6.48. The lowest BCUT2D eigenvalue weighted by atomic mass is 10.3. The SMILES string of the molecule is CCc1nn(CC)c(COc2cc(N)ccc2Br)c1Cl. The topological polar surface area (TPSA) is 53.1 Å². The molecule has 20 heavy (non-hydrogen) atoms. The highest BCUT2D eigenvalue weighted by Gasteiger charge is 2.15. The molecule has 108 valence electrons. The van der Waals surface area contributed by atoms with E-state index < -0.39 is 0 Å². The van der Waals surface area contributed by atoms with Gasteiger partial charge in [0.05, 0.1) is 20.9 Å². The first-order chi connectivity index (χ1) is 9.56. The number of aryl methyl sites for hydroxylation is 2. The van der Waals surface area contributed by atoms with Crippen molar-refractivity contribution in [2.24, 2.45) is 0 Å². The zero-order chi connectivity index (χ0) is 14.7. The lowest BCUT2D eigenvalue weighted by molar-refractivity contribution is 0.291. The molecule has 0 bridgehead atoms. The van der Waals surface area contributed by atoms with Crippen LogP contribution in [0.25, 0.3) is 0 Å². The molecule has 0 atom stereocenters. The number of halogens is 2. The summed E-state index contributed by atoms with van der Waals surface area (Å²) in [5.41, 5.74) is 8.21. The van der Waals surface area contributed by atoms with Crippen LogP contribution in [0.4, 0.5) is 5.69 Å². The lowest BCUT2D eigenvalue weighted by Crippen LogP contribution is -2.07. The highest BCUT2D eigenvalue weighted by molar-refractivity contribution is 9.10. The van der Waals surface area contributed by atoms with Gasteiger partial charge in [-0.05, 0) is 41.4 Å². The van der Waals surface area contributed by atoms with Gasteiger partial charge in [-0.15, -0.1) is 0 Å². The van der Waals surface area contributed by atoms with E-state index in [-0.39, 0.29) is 0 Å². The summed E-state index contributed by atoms with van der Waals surface area (Å²) in [4.78, 5) is 0. The number of nitrogens with two attached hydrogens (primary N) is 1. The Morgan fingerprint density at radius 3 is 2.80 bits per heavy atom. The maximum absolute atomic E-state index is 6.35. The van der Waals surface area contributed by atoms with Gasteiger partial charge < -0.3 is 10.5 Å². The van der Waals surface area contributed by atoms with Gasteiger partial charge in [-0.1, -0.05) is 18.5 Å². The van der Waals surface area contributed by atoms with E-state index in [4.69, 9.17) is 22.1 Å². The standard InChI is InChI=1S/C14H17BrClN3O/c1-3-11-14(16)12(19(4-2)18-11)8-20-13-7-9(17)5-6-10(13)15/h5-7H,3-4,8,17H2,1-2H3. The number of ether oxygens (including phenoxy) is 1. The van der Waals surface area contributed by atoms with Crippen molar-refractivity contribution in [2.75, 3.05) is 5.73 Å². The number of nitrogens with zero attached hydrogens (tertiary/aromatic N) is 2. The number of hydrogen-bond acceptors (Lipinski definition) is 3. The Hall–Kier alpha value is -1.20. The molecule has 0 aliphatic heterocycles. The van der Waals surface area contributed by atoms with Gasteiger partial charge in [0.1, 0.15) is 12.4 Å². The normalized spacial score (nSPS) is 10.8. The predicted octanol–water partition coefficient (Wildman–Crippen LogP) is 4.04. The second-order valence-corrected chi connectivity index (χ2v) is 5.59. The van der Waals surface area contributed by atoms with Gasteiger partial charge >= 0.3 is 0 Å². The smallest absolute Gasteiger partial charge is 0.136 e. The van der Waals surface area contributed by atoms with Crippen molar-refractivity contribution in [3.8, 4) is 5.75 Å². The Bertz CT molecular complexity index is 613. The molecule has 1 aromatic heterocycles. The van der Waals surface area contributed by atoms with Gasteiger partial charge in [0, 0.05) is 18.3 Å². The molecule has 0 unspecified atom stereocenters. The van der Waals surface area contributed by atoms with Gasteiger partial charge in [0.2, 0.25) is 0 Å². The first-order valence-corrected chi connectivity index (χ1v) is 7.65. The number of aromatic nitrogens is 2. The van der Waals surface area contributed by atoms with E-state index >= 15 is 0 Å². The molecule has 0 aliphatic carbocycles. The molecular weight excluding hydrogens is 342 g/mol. The van der Waals surface area contributed by atoms with Crippen LogP contribution in [0.3, 0.4) is 0 Å². The molecule has 0 radical (unpaired) electrons. The Labute approximate surface area is 132 Å². The third-order valence-electron chi connectivity index (χ3n) is 3.01. The molecule has 2 aromatic rings. The number of hydrogen-bond donors (Lipinski definition) is 1. The number of rotatable bonds is 5. The molecule has 2 N–H and O–H groups in total. The van der Waals surface area contributed by atoms with Gasteiger partial charge in [-0.3, -0.25) is 4.68 Å². The summed E-state index contributed by atoms with van der Waals surface area (Å²) in [6.45, 7) is 5.19. The molecular formula is C14H17BrClN3O. The molecule has 0 amide bonds. The zero-order valence-corrected chi connectivity index (χ0v) is 13.8. The fraction of sp³-hybridized carbons (Fsp3) is 0.357. The van der Waals surface area contributed by atoms with Crippen molar-refractivity contribution < 1.29 is 4.74 Å². The highest BCUT2D eigenvalue weighted by atomic mass is 79.9. The molecule has 0 aliphatic rings. The van der Waals surface area contributed by atoms with Gasteiger partial charge in [-0.25, -0.2) is 0 Å². The summed E-state index contributed by atoms with van der Waals surface area (Å²) in [7, 11) is 0. The fourth-order valence-corrected chi connectivity index (χ4v) is 2.62. The molecule has 1 aromatic carbocycles. The van der Waals surface area contributed by atoms with Crippen molar-refractivity contribution in [3.63, 3.8) is 0 Å². The van der Waals surface area contributed by atoms with Crippen LogP contribution in [-0.2, 0) is 19.6 Å². The second kappa shape index (κ2) is 6.50. The van der Waals surface area contributed by atoms with Gasteiger partial charge in [0.25, 0.3) is 0 Å². The maximum Gasteiger partial charge on any atom is 0.136 e. The summed E-state index contributed by atoms with van der Waals surface area (Å²) in [5, 5.41) is 5.16. The maximum atomic E-state index is 6.35. The summed E-state index contributed by atoms with van der Waals surface area (Å²) in [5.74, 6) is 0.697. The number of anilines is 1. The average molecular weight is 359 g/mol. The Morgan fingerprint density at radius 2 is 2.15 bits per heavy atom. The van der Waals surface area contributed by atoms with Crippen molar-refractivity contribution in [2.45, 2.75) is 33.4 Å². The first kappa shape index (κ1) is 15.2. The van der Waals surface area contributed by atoms with Gasteiger partial charge in [-0.2, -0.15) is 5.10 Å². The lowest BCUT2D eigenvalue weighted by Gasteiger charge is -2.10. The van der Waals surface area contributed by atoms with Crippen LogP contribution in [0.5, 0.6) is 5.75 Å². The van der Waals surface area contributed by atoms with Crippen LogP contribution in [0.15, 0.2) is 22.7 Å². The van der Waals surface area contributed by atoms with Crippen LogP contribution in [-0.4, -0.2) is 9.78 Å². The van der Waals surface area contributed by atoms with Crippen LogP contribution < -0.4 is 10.5 Å². The van der Waals surface area contributed by atoms with E-state index in [1.54, 1.807) is 6.07 Å². The summed E-state index contributed by atoms with van der Waals surface area (Å²) in [6.07, 6.45) is 0.806.